The van der Waals surface area contributed by atoms with Crippen LogP contribution in [-0.2, 0) is 4.79 Å². The van der Waals surface area contributed by atoms with Crippen LogP contribution < -0.4 is 10.2 Å². The molecule has 0 bridgehead atoms. The van der Waals surface area contributed by atoms with Crippen LogP contribution in [0.5, 0.6) is 5.75 Å². The molecule has 3 aliphatic rings. The number of aliphatic hydroxyl groups excluding tert-OH is 1. The number of hydrogen-bond acceptors (Lipinski definition) is 7. The first-order valence-electron chi connectivity index (χ1n) is 9.50. The molecular weight excluding hydrogens is 399 g/mol. The number of halogens is 1. The maximum absolute atomic E-state index is 13.7. The monoisotopic (exact) mass is 420 g/mol. The summed E-state index contributed by atoms with van der Waals surface area (Å²) in [6, 6.07) is 3.84. The van der Waals surface area contributed by atoms with Crippen LogP contribution in [0.4, 0.5) is 9.18 Å². The number of rotatable bonds is 2. The first kappa shape index (κ1) is 19.9. The van der Waals surface area contributed by atoms with E-state index in [0.717, 1.165) is 37.1 Å². The summed E-state index contributed by atoms with van der Waals surface area (Å²) in [5.41, 5.74) is 3.29. The fraction of sp³-hybridized carbons (Fsp3) is 0.421. The van der Waals surface area contributed by atoms with Crippen molar-refractivity contribution in [3.63, 3.8) is 0 Å². The molecule has 0 saturated carbocycles. The van der Waals surface area contributed by atoms with Crippen molar-refractivity contribution in [3.8, 4) is 5.75 Å². The van der Waals surface area contributed by atoms with Gasteiger partial charge < -0.3 is 14.7 Å². The number of likely N-dealkylation sites (tertiary alicyclic amines) is 1. The number of nitrogens with one attached hydrogen (secondary N) is 1. The molecule has 1 unspecified atom stereocenters. The van der Waals surface area contributed by atoms with Gasteiger partial charge in [-0.3, -0.25) is 9.80 Å². The number of amides is 2. The highest BCUT2D eigenvalue weighted by Crippen LogP contribution is 2.33. The van der Waals surface area contributed by atoms with Crippen LogP contribution in [0.25, 0.3) is 6.08 Å². The molecule has 0 aliphatic carbocycles. The lowest BCUT2D eigenvalue weighted by atomic mass is 10.2. The maximum atomic E-state index is 13.7. The molecular formula is C19H21FN4O4S. The third-order valence-corrected chi connectivity index (χ3v) is 5.83. The van der Waals surface area contributed by atoms with Gasteiger partial charge in [-0.05, 0) is 55.7 Å². The predicted octanol–water partition coefficient (Wildman–Crippen LogP) is 2.31. The minimum absolute atomic E-state index is 0.0581. The van der Waals surface area contributed by atoms with Crippen molar-refractivity contribution in [1.29, 1.82) is 0 Å². The van der Waals surface area contributed by atoms with Crippen molar-refractivity contribution in [1.82, 2.24) is 15.3 Å². The lowest BCUT2D eigenvalue weighted by Crippen LogP contribution is -2.51. The summed E-state index contributed by atoms with van der Waals surface area (Å²) in [4.78, 5) is 30.6. The lowest BCUT2D eigenvalue weighted by molar-refractivity contribution is -0.113. The molecule has 1 aromatic carbocycles. The smallest absolute Gasteiger partial charge is 0.409 e. The van der Waals surface area contributed by atoms with E-state index in [4.69, 9.17) is 4.74 Å². The van der Waals surface area contributed by atoms with E-state index in [1.165, 1.54) is 18.2 Å². The molecule has 0 radical (unpaired) electrons. The summed E-state index contributed by atoms with van der Waals surface area (Å²) in [6.45, 7) is 1.86. The Kier molecular flexibility index (Phi) is 5.84. The van der Waals surface area contributed by atoms with E-state index in [1.54, 1.807) is 9.91 Å². The van der Waals surface area contributed by atoms with E-state index in [-0.39, 0.29) is 5.75 Å². The van der Waals surface area contributed by atoms with Gasteiger partial charge in [0.1, 0.15) is 17.8 Å². The van der Waals surface area contributed by atoms with Crippen molar-refractivity contribution < 1.29 is 23.8 Å². The molecule has 2 amide bonds. The molecule has 4 rings (SSSR count). The zero-order chi connectivity index (χ0) is 20.4. The number of hydrogen-bond donors (Lipinski definition) is 2. The minimum atomic E-state index is -0.677. The molecule has 1 aromatic rings. The number of carbonyl (C=O) groups is 2. The fourth-order valence-corrected chi connectivity index (χ4v) is 4.23. The van der Waals surface area contributed by atoms with Crippen LogP contribution in [0.3, 0.4) is 0 Å². The second-order valence-electron chi connectivity index (χ2n) is 6.99. The van der Waals surface area contributed by atoms with Gasteiger partial charge in [0.2, 0.25) is 0 Å². The number of ether oxygens (including phenoxy) is 1. The Hall–Kier alpha value is -2.43. The Morgan fingerprint density at radius 2 is 2.10 bits per heavy atom. The quantitative estimate of drug-likeness (QED) is 0.709. The van der Waals surface area contributed by atoms with Gasteiger partial charge in [-0.1, -0.05) is 0 Å². The fourth-order valence-electron chi connectivity index (χ4n) is 3.33. The standard InChI is InChI=1S/C19H21FN4O4S/c20-13-6-5-12(14(11-13)28-19(27)23-7-1-2-8-23)10-15-17(26)21-18(29-15)24-9-3-4-16(25)22-24/h5-6,10-11,16,22,25H,1-4,7-9H2/b15-10-. The Morgan fingerprint density at radius 1 is 1.31 bits per heavy atom. The van der Waals surface area contributed by atoms with Crippen molar-refractivity contribution in [2.75, 3.05) is 19.6 Å². The number of hydrazine groups is 1. The Balaban J connectivity index is 1.52. The first-order chi connectivity index (χ1) is 14.0. The number of carbonyl (C=O) groups excluding carboxylic acids is 2. The largest absolute Gasteiger partial charge is 0.415 e. The molecule has 2 saturated heterocycles. The van der Waals surface area contributed by atoms with Gasteiger partial charge in [0, 0.05) is 31.3 Å². The highest BCUT2D eigenvalue weighted by atomic mass is 32.2. The van der Waals surface area contributed by atoms with E-state index >= 15 is 0 Å². The first-order valence-corrected chi connectivity index (χ1v) is 10.3. The number of amidine groups is 1. The molecule has 2 N–H and O–H groups in total. The second-order valence-corrected chi connectivity index (χ2v) is 8.00. The minimum Gasteiger partial charge on any atom is -0.409 e. The number of aliphatic hydroxyl groups is 1. The van der Waals surface area contributed by atoms with Gasteiger partial charge in [-0.25, -0.2) is 14.6 Å². The highest BCUT2D eigenvalue weighted by Gasteiger charge is 2.29. The van der Waals surface area contributed by atoms with Crippen LogP contribution in [0.15, 0.2) is 28.1 Å². The van der Waals surface area contributed by atoms with E-state index in [0.29, 0.717) is 41.7 Å². The van der Waals surface area contributed by atoms with Crippen molar-refractivity contribution in [2.24, 2.45) is 4.99 Å². The van der Waals surface area contributed by atoms with E-state index in [1.807, 2.05) is 0 Å². The molecule has 0 aromatic heterocycles. The summed E-state index contributed by atoms with van der Waals surface area (Å²) in [7, 11) is 0. The highest BCUT2D eigenvalue weighted by molar-refractivity contribution is 8.18. The van der Waals surface area contributed by atoms with Gasteiger partial charge in [-0.2, -0.15) is 4.99 Å². The zero-order valence-corrected chi connectivity index (χ0v) is 16.5. The van der Waals surface area contributed by atoms with Crippen molar-refractivity contribution in [2.45, 2.75) is 31.9 Å². The van der Waals surface area contributed by atoms with E-state index < -0.39 is 24.0 Å². The van der Waals surface area contributed by atoms with Gasteiger partial charge in [0.25, 0.3) is 5.91 Å². The van der Waals surface area contributed by atoms with Gasteiger partial charge in [-0.15, -0.1) is 0 Å². The lowest BCUT2D eigenvalue weighted by Gasteiger charge is -2.31. The summed E-state index contributed by atoms with van der Waals surface area (Å²) in [6.07, 6.45) is 3.57. The number of aliphatic imine (C=N–C) groups is 1. The maximum Gasteiger partial charge on any atom is 0.415 e. The average Bonchev–Trinajstić information content (AvgIpc) is 3.34. The van der Waals surface area contributed by atoms with Gasteiger partial charge >= 0.3 is 6.09 Å². The SMILES string of the molecule is O=C1N=C(N2CCCC(O)N2)S/C1=C\c1ccc(F)cc1OC(=O)N1CCCC1. The molecule has 10 heteroatoms. The van der Waals surface area contributed by atoms with Crippen LogP contribution in [-0.4, -0.2) is 58.0 Å². The predicted molar refractivity (Wildman–Crippen MR) is 106 cm³/mol. The molecule has 1 atom stereocenters. The summed E-state index contributed by atoms with van der Waals surface area (Å²) < 4.78 is 19.1. The normalized spacial score (nSPS) is 23.7. The van der Waals surface area contributed by atoms with Gasteiger partial charge in [0.15, 0.2) is 5.17 Å². The Labute approximate surface area is 171 Å². The molecule has 3 heterocycles. The van der Waals surface area contributed by atoms with E-state index in [2.05, 4.69) is 10.4 Å². The Bertz CT molecular complexity index is 885. The van der Waals surface area contributed by atoms with Crippen molar-refractivity contribution >= 4 is 35.0 Å². The van der Waals surface area contributed by atoms with Crippen molar-refractivity contribution in [3.05, 3.63) is 34.5 Å². The average molecular weight is 420 g/mol. The summed E-state index contributed by atoms with van der Waals surface area (Å²) in [5, 5.41) is 11.8. The van der Waals surface area contributed by atoms with Crippen LogP contribution >= 0.6 is 11.8 Å². The molecule has 0 spiro atoms. The number of thioether (sulfide) groups is 1. The molecule has 3 aliphatic heterocycles. The summed E-state index contributed by atoms with van der Waals surface area (Å²) in [5.74, 6) is -0.916. The molecule has 8 nitrogen and oxygen atoms in total. The Morgan fingerprint density at radius 3 is 2.86 bits per heavy atom. The summed E-state index contributed by atoms with van der Waals surface area (Å²) >= 11 is 1.15. The van der Waals surface area contributed by atoms with E-state index in [9.17, 15) is 19.1 Å². The topological polar surface area (TPSA) is 94.5 Å². The zero-order valence-electron chi connectivity index (χ0n) is 15.6. The van der Waals surface area contributed by atoms with Crippen LogP contribution in [0.2, 0.25) is 0 Å². The molecule has 29 heavy (non-hydrogen) atoms. The van der Waals surface area contributed by atoms with Gasteiger partial charge in [0.05, 0.1) is 4.91 Å². The van der Waals surface area contributed by atoms with Crippen LogP contribution in [0, 0.1) is 5.82 Å². The number of benzene rings is 1. The molecule has 154 valence electrons. The second kappa shape index (κ2) is 8.52. The third kappa shape index (κ3) is 4.60. The number of nitrogens with zero attached hydrogens (tertiary/aromatic N) is 3. The van der Waals surface area contributed by atoms with Crippen LogP contribution in [0.1, 0.15) is 31.2 Å². The third-order valence-electron chi connectivity index (χ3n) is 4.83. The molecule has 2 fully saturated rings.